The van der Waals surface area contributed by atoms with Gasteiger partial charge in [-0.15, -0.1) is 11.8 Å². The van der Waals surface area contributed by atoms with E-state index in [0.29, 0.717) is 10.8 Å². The van der Waals surface area contributed by atoms with Gasteiger partial charge in [-0.05, 0) is 44.5 Å². The van der Waals surface area contributed by atoms with Gasteiger partial charge in [0.05, 0.1) is 10.8 Å². The minimum Gasteiger partial charge on any atom is -0.452 e. The van der Waals surface area contributed by atoms with Crippen molar-refractivity contribution in [3.8, 4) is 0 Å². The Kier molecular flexibility index (Phi) is 6.84. The van der Waals surface area contributed by atoms with Crippen LogP contribution in [0.3, 0.4) is 0 Å². The number of aromatic nitrogens is 1. The Bertz CT molecular complexity index is 765. The maximum absolute atomic E-state index is 12.0. The maximum atomic E-state index is 12.0. The number of carbonyl (C=O) groups excluding carboxylic acids is 2. The predicted molar refractivity (Wildman–Crippen MR) is 100 cm³/mol. The van der Waals surface area contributed by atoms with Gasteiger partial charge >= 0.3 is 5.97 Å². The summed E-state index contributed by atoms with van der Waals surface area (Å²) >= 11 is 7.13. The third-order valence-corrected chi connectivity index (χ3v) is 4.70. The first kappa shape index (κ1) is 19.3. The van der Waals surface area contributed by atoms with Gasteiger partial charge in [0.15, 0.2) is 6.10 Å². The summed E-state index contributed by atoms with van der Waals surface area (Å²) in [4.78, 5) is 29.0. The molecule has 0 aliphatic rings. The van der Waals surface area contributed by atoms with E-state index in [9.17, 15) is 9.59 Å². The van der Waals surface area contributed by atoms with Crippen LogP contribution in [-0.4, -0.2) is 28.7 Å². The van der Waals surface area contributed by atoms with Crippen molar-refractivity contribution in [3.05, 3.63) is 52.7 Å². The SMILES string of the molecule is Cc1ccc(SCC(=O)O[C@@H](C)C(=O)Nc2ccc(Cl)cn2)c(C)c1. The molecule has 0 fully saturated rings. The fourth-order valence-electron chi connectivity index (χ4n) is 2.06. The molecule has 0 saturated carbocycles. The number of hydrogen-bond donors (Lipinski definition) is 1. The first-order valence-electron chi connectivity index (χ1n) is 7.67. The van der Waals surface area contributed by atoms with E-state index < -0.39 is 18.0 Å². The van der Waals surface area contributed by atoms with Gasteiger partial charge in [0, 0.05) is 11.1 Å². The quantitative estimate of drug-likeness (QED) is 0.607. The van der Waals surface area contributed by atoms with E-state index in [1.807, 2.05) is 26.0 Å². The minimum atomic E-state index is -0.912. The van der Waals surface area contributed by atoms with Crippen molar-refractivity contribution < 1.29 is 14.3 Å². The average Bonchev–Trinajstić information content (AvgIpc) is 2.56. The number of aryl methyl sites for hydroxylation is 2. The lowest BCUT2D eigenvalue weighted by Gasteiger charge is -2.13. The van der Waals surface area contributed by atoms with Crippen LogP contribution in [0.2, 0.25) is 5.02 Å². The van der Waals surface area contributed by atoms with Crippen LogP contribution in [0.4, 0.5) is 5.82 Å². The normalized spacial score (nSPS) is 11.7. The van der Waals surface area contributed by atoms with E-state index in [4.69, 9.17) is 16.3 Å². The van der Waals surface area contributed by atoms with Gasteiger partial charge in [0.25, 0.3) is 5.91 Å². The van der Waals surface area contributed by atoms with Crippen molar-refractivity contribution in [2.45, 2.75) is 31.8 Å². The standard InChI is InChI=1S/C18H19ClN2O3S/c1-11-4-6-15(12(2)8-11)25-10-17(22)24-13(3)18(23)21-16-7-5-14(19)9-20-16/h4-9,13H,10H2,1-3H3,(H,20,21,23)/t13-/m0/s1. The van der Waals surface area contributed by atoms with Crippen LogP contribution in [0.15, 0.2) is 41.4 Å². The summed E-state index contributed by atoms with van der Waals surface area (Å²) < 4.78 is 5.17. The molecule has 1 atom stereocenters. The van der Waals surface area contributed by atoms with E-state index in [0.717, 1.165) is 10.5 Å². The van der Waals surface area contributed by atoms with Gasteiger partial charge in [0.2, 0.25) is 0 Å². The monoisotopic (exact) mass is 378 g/mol. The highest BCUT2D eigenvalue weighted by atomic mass is 35.5. The van der Waals surface area contributed by atoms with Gasteiger partial charge in [-0.25, -0.2) is 4.98 Å². The molecule has 5 nitrogen and oxygen atoms in total. The van der Waals surface area contributed by atoms with Crippen LogP contribution < -0.4 is 5.32 Å². The molecular formula is C18H19ClN2O3S. The molecule has 0 aliphatic heterocycles. The highest BCUT2D eigenvalue weighted by Crippen LogP contribution is 2.23. The third kappa shape index (κ3) is 6.07. The Morgan fingerprint density at radius 2 is 2.04 bits per heavy atom. The van der Waals surface area contributed by atoms with E-state index in [1.165, 1.54) is 30.4 Å². The number of rotatable bonds is 6. The summed E-state index contributed by atoms with van der Waals surface area (Å²) in [6.45, 7) is 5.53. The highest BCUT2D eigenvalue weighted by Gasteiger charge is 2.18. The van der Waals surface area contributed by atoms with Gasteiger partial charge in [-0.2, -0.15) is 0 Å². The van der Waals surface area contributed by atoms with Crippen LogP contribution >= 0.6 is 23.4 Å². The van der Waals surface area contributed by atoms with Crippen LogP contribution in [0.5, 0.6) is 0 Å². The molecule has 1 aromatic heterocycles. The number of halogens is 1. The molecule has 0 saturated heterocycles. The lowest BCUT2D eigenvalue weighted by molar-refractivity contribution is -0.150. The second kappa shape index (κ2) is 8.87. The van der Waals surface area contributed by atoms with Crippen molar-refractivity contribution in [1.29, 1.82) is 0 Å². The molecular weight excluding hydrogens is 360 g/mol. The second-order valence-corrected chi connectivity index (χ2v) is 6.99. The van der Waals surface area contributed by atoms with Crippen LogP contribution in [0, 0.1) is 13.8 Å². The van der Waals surface area contributed by atoms with Crippen molar-refractivity contribution >= 4 is 41.1 Å². The van der Waals surface area contributed by atoms with Gasteiger partial charge < -0.3 is 10.1 Å². The summed E-state index contributed by atoms with van der Waals surface area (Å²) in [7, 11) is 0. The van der Waals surface area contributed by atoms with E-state index >= 15 is 0 Å². The smallest absolute Gasteiger partial charge is 0.317 e. The summed E-state index contributed by atoms with van der Waals surface area (Å²) in [6.07, 6.45) is 0.513. The zero-order valence-corrected chi connectivity index (χ0v) is 15.8. The molecule has 132 valence electrons. The number of esters is 1. The molecule has 2 aromatic rings. The zero-order valence-electron chi connectivity index (χ0n) is 14.2. The molecule has 0 aliphatic carbocycles. The van der Waals surface area contributed by atoms with E-state index in [2.05, 4.69) is 16.4 Å². The zero-order chi connectivity index (χ0) is 18.4. The summed E-state index contributed by atoms with van der Waals surface area (Å²) in [5.41, 5.74) is 2.28. The van der Waals surface area contributed by atoms with E-state index in [1.54, 1.807) is 12.1 Å². The molecule has 1 aromatic carbocycles. The summed E-state index contributed by atoms with van der Waals surface area (Å²) in [5, 5.41) is 3.04. The van der Waals surface area contributed by atoms with Crippen LogP contribution in [0.1, 0.15) is 18.1 Å². The molecule has 1 N–H and O–H groups in total. The number of thioether (sulfide) groups is 1. The Labute approximate surface area is 156 Å². The average molecular weight is 379 g/mol. The Balaban J connectivity index is 1.82. The number of benzene rings is 1. The van der Waals surface area contributed by atoms with Gasteiger partial charge in [-0.1, -0.05) is 29.3 Å². The number of anilines is 1. The second-order valence-electron chi connectivity index (χ2n) is 5.54. The first-order valence-corrected chi connectivity index (χ1v) is 9.03. The molecule has 1 heterocycles. The first-order chi connectivity index (χ1) is 11.8. The topological polar surface area (TPSA) is 68.3 Å². The molecule has 7 heteroatoms. The number of carbonyl (C=O) groups is 2. The molecule has 0 spiro atoms. The summed E-state index contributed by atoms with van der Waals surface area (Å²) in [6, 6.07) is 9.22. The number of ether oxygens (including phenoxy) is 1. The number of nitrogens with one attached hydrogen (secondary N) is 1. The number of nitrogens with zero attached hydrogens (tertiary/aromatic N) is 1. The molecule has 1 amide bonds. The van der Waals surface area contributed by atoms with Crippen molar-refractivity contribution in [2.75, 3.05) is 11.1 Å². The largest absolute Gasteiger partial charge is 0.452 e. The fourth-order valence-corrected chi connectivity index (χ4v) is 2.96. The fraction of sp³-hybridized carbons (Fsp3) is 0.278. The molecule has 2 rings (SSSR count). The van der Waals surface area contributed by atoms with Crippen LogP contribution in [-0.2, 0) is 14.3 Å². The molecule has 0 radical (unpaired) electrons. The molecule has 0 unspecified atom stereocenters. The Morgan fingerprint density at radius 1 is 1.28 bits per heavy atom. The van der Waals surface area contributed by atoms with Crippen molar-refractivity contribution in [1.82, 2.24) is 4.98 Å². The van der Waals surface area contributed by atoms with Gasteiger partial charge in [0.1, 0.15) is 5.82 Å². The highest BCUT2D eigenvalue weighted by molar-refractivity contribution is 8.00. The van der Waals surface area contributed by atoms with E-state index in [-0.39, 0.29) is 5.75 Å². The predicted octanol–water partition coefficient (Wildman–Crippen LogP) is 4.01. The Morgan fingerprint density at radius 3 is 2.68 bits per heavy atom. The lowest BCUT2D eigenvalue weighted by Crippen LogP contribution is -2.30. The lowest BCUT2D eigenvalue weighted by atomic mass is 10.2. The molecule has 25 heavy (non-hydrogen) atoms. The van der Waals surface area contributed by atoms with Gasteiger partial charge in [-0.3, -0.25) is 9.59 Å². The number of amides is 1. The minimum absolute atomic E-state index is 0.140. The van der Waals surface area contributed by atoms with Crippen molar-refractivity contribution in [2.24, 2.45) is 0 Å². The Hall–Kier alpha value is -2.05. The number of hydrogen-bond acceptors (Lipinski definition) is 5. The summed E-state index contributed by atoms with van der Waals surface area (Å²) in [5.74, 6) is -0.404. The third-order valence-electron chi connectivity index (χ3n) is 3.33. The molecule has 0 bridgehead atoms. The number of pyridine rings is 1. The van der Waals surface area contributed by atoms with Crippen LogP contribution in [0.25, 0.3) is 0 Å². The maximum Gasteiger partial charge on any atom is 0.317 e. The van der Waals surface area contributed by atoms with Crippen molar-refractivity contribution in [3.63, 3.8) is 0 Å².